The summed E-state index contributed by atoms with van der Waals surface area (Å²) in [4.78, 5) is 4.26. The molecule has 1 fully saturated rings. The van der Waals surface area contributed by atoms with Gasteiger partial charge in [-0.2, -0.15) is 11.8 Å². The third-order valence-electron chi connectivity index (χ3n) is 3.09. The second kappa shape index (κ2) is 7.80. The molecule has 0 amide bonds. The van der Waals surface area contributed by atoms with Crippen LogP contribution in [0.5, 0.6) is 0 Å². The van der Waals surface area contributed by atoms with Crippen LogP contribution in [0.4, 0.5) is 0 Å². The van der Waals surface area contributed by atoms with Crippen LogP contribution in [-0.4, -0.2) is 30.6 Å². The van der Waals surface area contributed by atoms with Crippen molar-refractivity contribution in [3.63, 3.8) is 0 Å². The Morgan fingerprint density at radius 1 is 1.47 bits per heavy atom. The first-order chi connectivity index (χ1) is 9.28. The van der Waals surface area contributed by atoms with Crippen molar-refractivity contribution in [1.29, 1.82) is 0 Å². The van der Waals surface area contributed by atoms with E-state index in [1.807, 2.05) is 19.2 Å². The van der Waals surface area contributed by atoms with Crippen LogP contribution in [0.2, 0.25) is 0 Å². The van der Waals surface area contributed by atoms with Gasteiger partial charge < -0.3 is 10.6 Å². The van der Waals surface area contributed by atoms with E-state index in [9.17, 15) is 0 Å². The highest BCUT2D eigenvalue weighted by molar-refractivity contribution is 9.10. The Hall–Kier alpha value is -0.680. The number of guanidine groups is 1. The van der Waals surface area contributed by atoms with E-state index in [4.69, 9.17) is 0 Å². The molecule has 19 heavy (non-hydrogen) atoms. The lowest BCUT2D eigenvalue weighted by atomic mass is 10.2. The minimum atomic E-state index is 0.740. The van der Waals surface area contributed by atoms with Crippen molar-refractivity contribution in [3.8, 4) is 0 Å². The van der Waals surface area contributed by atoms with E-state index in [-0.39, 0.29) is 0 Å². The van der Waals surface area contributed by atoms with E-state index in [0.717, 1.165) is 28.8 Å². The van der Waals surface area contributed by atoms with Crippen LogP contribution in [0.3, 0.4) is 0 Å². The molecule has 0 aromatic heterocycles. The predicted octanol–water partition coefficient (Wildman–Crippen LogP) is 3.01. The summed E-state index contributed by atoms with van der Waals surface area (Å²) in [6.07, 6.45) is 2.67. The SMILES string of the molecule is CN=C(NCc1cccc(Br)c1)NCC1CCCS1. The molecule has 2 rings (SSSR count). The highest BCUT2D eigenvalue weighted by atomic mass is 79.9. The van der Waals surface area contributed by atoms with E-state index < -0.39 is 0 Å². The normalized spacial score (nSPS) is 19.5. The van der Waals surface area contributed by atoms with Crippen molar-refractivity contribution in [3.05, 3.63) is 34.3 Å². The summed E-state index contributed by atoms with van der Waals surface area (Å²) in [7, 11) is 1.82. The van der Waals surface area contributed by atoms with Crippen LogP contribution < -0.4 is 10.6 Å². The molecule has 3 nitrogen and oxygen atoms in total. The summed E-state index contributed by atoms with van der Waals surface area (Å²) in [5, 5.41) is 7.49. The van der Waals surface area contributed by atoms with Gasteiger partial charge in [-0.1, -0.05) is 28.1 Å². The maximum absolute atomic E-state index is 4.26. The molecule has 0 saturated carbocycles. The summed E-state index contributed by atoms with van der Waals surface area (Å²) in [6.45, 7) is 1.79. The fourth-order valence-corrected chi connectivity index (χ4v) is 3.72. The fraction of sp³-hybridized carbons (Fsp3) is 0.500. The molecule has 0 radical (unpaired) electrons. The lowest BCUT2D eigenvalue weighted by Gasteiger charge is -2.14. The van der Waals surface area contributed by atoms with Gasteiger partial charge in [-0.15, -0.1) is 0 Å². The standard InChI is InChI=1S/C14H20BrN3S/c1-16-14(18-10-13-6-3-7-19-13)17-9-11-4-2-5-12(15)8-11/h2,4-5,8,13H,3,6-7,9-10H2,1H3,(H2,16,17,18). The van der Waals surface area contributed by atoms with E-state index in [1.165, 1.54) is 24.2 Å². The molecule has 1 aliphatic heterocycles. The van der Waals surface area contributed by atoms with Gasteiger partial charge in [-0.3, -0.25) is 4.99 Å². The first-order valence-corrected chi connectivity index (χ1v) is 8.42. The number of thioether (sulfide) groups is 1. The summed E-state index contributed by atoms with van der Waals surface area (Å²) in [5.41, 5.74) is 1.24. The quantitative estimate of drug-likeness (QED) is 0.652. The van der Waals surface area contributed by atoms with E-state index >= 15 is 0 Å². The van der Waals surface area contributed by atoms with Crippen molar-refractivity contribution in [1.82, 2.24) is 10.6 Å². The molecule has 5 heteroatoms. The topological polar surface area (TPSA) is 36.4 Å². The summed E-state index contributed by atoms with van der Waals surface area (Å²) >= 11 is 5.55. The molecule has 0 bridgehead atoms. The lowest BCUT2D eigenvalue weighted by Crippen LogP contribution is -2.39. The summed E-state index contributed by atoms with van der Waals surface area (Å²) in [5.74, 6) is 2.18. The highest BCUT2D eigenvalue weighted by Crippen LogP contribution is 2.25. The number of aliphatic imine (C=N–C) groups is 1. The molecule has 1 atom stereocenters. The summed E-state index contributed by atoms with van der Waals surface area (Å²) in [6, 6.07) is 8.31. The molecule has 0 spiro atoms. The lowest BCUT2D eigenvalue weighted by molar-refractivity contribution is 0.726. The number of nitrogens with one attached hydrogen (secondary N) is 2. The van der Waals surface area contributed by atoms with Crippen molar-refractivity contribution in [2.75, 3.05) is 19.3 Å². The first kappa shape index (κ1) is 14.7. The van der Waals surface area contributed by atoms with Crippen LogP contribution in [0.1, 0.15) is 18.4 Å². The molecule has 1 aromatic carbocycles. The molecule has 104 valence electrons. The van der Waals surface area contributed by atoms with Gasteiger partial charge in [0.15, 0.2) is 5.96 Å². The van der Waals surface area contributed by atoms with Crippen molar-refractivity contribution >= 4 is 33.7 Å². The second-order valence-electron chi connectivity index (χ2n) is 4.57. The van der Waals surface area contributed by atoms with Gasteiger partial charge in [0.25, 0.3) is 0 Å². The predicted molar refractivity (Wildman–Crippen MR) is 87.8 cm³/mol. The van der Waals surface area contributed by atoms with Gasteiger partial charge in [0.05, 0.1) is 0 Å². The Morgan fingerprint density at radius 3 is 3.05 bits per heavy atom. The number of benzene rings is 1. The maximum Gasteiger partial charge on any atom is 0.191 e. The minimum absolute atomic E-state index is 0.740. The molecule has 0 aliphatic carbocycles. The van der Waals surface area contributed by atoms with Crippen LogP contribution >= 0.6 is 27.7 Å². The van der Waals surface area contributed by atoms with Crippen LogP contribution in [0.15, 0.2) is 33.7 Å². The molecule has 1 aromatic rings. The number of nitrogens with zero attached hydrogens (tertiary/aromatic N) is 1. The monoisotopic (exact) mass is 341 g/mol. The molecule has 1 saturated heterocycles. The third kappa shape index (κ3) is 5.07. The fourth-order valence-electron chi connectivity index (χ4n) is 2.07. The van der Waals surface area contributed by atoms with Crippen LogP contribution in [0, 0.1) is 0 Å². The molecular formula is C14H20BrN3S. The minimum Gasteiger partial charge on any atom is -0.355 e. The van der Waals surface area contributed by atoms with Gasteiger partial charge in [-0.25, -0.2) is 0 Å². The van der Waals surface area contributed by atoms with Crippen molar-refractivity contribution in [2.24, 2.45) is 4.99 Å². The largest absolute Gasteiger partial charge is 0.355 e. The molecular weight excluding hydrogens is 322 g/mol. The highest BCUT2D eigenvalue weighted by Gasteiger charge is 2.15. The number of hydrogen-bond acceptors (Lipinski definition) is 2. The second-order valence-corrected chi connectivity index (χ2v) is 6.90. The van der Waals surface area contributed by atoms with Gasteiger partial charge in [0.2, 0.25) is 0 Å². The smallest absolute Gasteiger partial charge is 0.191 e. The average molecular weight is 342 g/mol. The van der Waals surface area contributed by atoms with Crippen molar-refractivity contribution in [2.45, 2.75) is 24.6 Å². The molecule has 1 heterocycles. The maximum atomic E-state index is 4.26. The van der Waals surface area contributed by atoms with E-state index in [0.29, 0.717) is 0 Å². The summed E-state index contributed by atoms with van der Waals surface area (Å²) < 4.78 is 1.11. The zero-order chi connectivity index (χ0) is 13.5. The van der Waals surface area contributed by atoms with Crippen LogP contribution in [-0.2, 0) is 6.54 Å². The van der Waals surface area contributed by atoms with Crippen molar-refractivity contribution < 1.29 is 0 Å². The first-order valence-electron chi connectivity index (χ1n) is 6.58. The molecule has 1 unspecified atom stereocenters. The Bertz CT molecular complexity index is 430. The number of rotatable bonds is 4. The van der Waals surface area contributed by atoms with Gasteiger partial charge in [0.1, 0.15) is 0 Å². The number of hydrogen-bond donors (Lipinski definition) is 2. The third-order valence-corrected chi connectivity index (χ3v) is 4.99. The van der Waals surface area contributed by atoms with E-state index in [2.05, 4.69) is 55.5 Å². The average Bonchev–Trinajstić information content (AvgIpc) is 2.92. The Morgan fingerprint density at radius 2 is 2.37 bits per heavy atom. The van der Waals surface area contributed by atoms with Gasteiger partial charge >= 0.3 is 0 Å². The number of halogens is 1. The Labute approximate surface area is 127 Å². The van der Waals surface area contributed by atoms with Crippen LogP contribution in [0.25, 0.3) is 0 Å². The Kier molecular flexibility index (Phi) is 6.04. The van der Waals surface area contributed by atoms with E-state index in [1.54, 1.807) is 0 Å². The Balaban J connectivity index is 1.76. The zero-order valence-electron chi connectivity index (χ0n) is 11.2. The molecule has 1 aliphatic rings. The molecule has 2 N–H and O–H groups in total. The zero-order valence-corrected chi connectivity index (χ0v) is 13.6. The van der Waals surface area contributed by atoms with Gasteiger partial charge in [-0.05, 0) is 36.3 Å². The van der Waals surface area contributed by atoms with Gasteiger partial charge in [0, 0.05) is 29.9 Å².